The molecule has 3 N–H and O–H groups in total. The second-order valence-electron chi connectivity index (χ2n) is 5.80. The molecule has 1 aliphatic carbocycles. The van der Waals surface area contributed by atoms with Crippen LogP contribution in [0.25, 0.3) is 0 Å². The van der Waals surface area contributed by atoms with Crippen LogP contribution in [0, 0.1) is 5.92 Å². The third-order valence-corrected chi connectivity index (χ3v) is 5.99. The Balaban J connectivity index is 2.17. The van der Waals surface area contributed by atoms with E-state index >= 15 is 0 Å². The second kappa shape index (κ2) is 6.15. The normalized spacial score (nSPS) is 16.8. The first-order valence-electron chi connectivity index (χ1n) is 7.20. The lowest BCUT2D eigenvalue weighted by Crippen LogP contribution is -2.39. The van der Waals surface area contributed by atoms with Gasteiger partial charge in [-0.3, -0.25) is 4.79 Å². The van der Waals surface area contributed by atoms with E-state index in [1.165, 1.54) is 12.1 Å². The number of rotatable bonds is 6. The average molecular weight is 310 g/mol. The number of sulfone groups is 1. The van der Waals surface area contributed by atoms with Gasteiger partial charge in [-0.2, -0.15) is 0 Å². The van der Waals surface area contributed by atoms with Crippen LogP contribution in [0.2, 0.25) is 0 Å². The molecule has 1 aromatic carbocycles. The molecule has 0 bridgehead atoms. The van der Waals surface area contributed by atoms with Crippen molar-refractivity contribution in [3.63, 3.8) is 0 Å². The summed E-state index contributed by atoms with van der Waals surface area (Å²) in [5.41, 5.74) is 6.13. The molecule has 116 valence electrons. The molecule has 1 fully saturated rings. The smallest absolute Gasteiger partial charge is 0.252 e. The summed E-state index contributed by atoms with van der Waals surface area (Å²) in [7, 11) is -3.49. The van der Waals surface area contributed by atoms with Gasteiger partial charge in [0.2, 0.25) is 0 Å². The average Bonchev–Trinajstić information content (AvgIpc) is 3.28. The molecule has 0 aliphatic heterocycles. The first-order valence-corrected chi connectivity index (χ1v) is 8.75. The molecular formula is C15H22N2O3S. The first-order chi connectivity index (χ1) is 9.84. The molecule has 0 aromatic heterocycles. The minimum Gasteiger partial charge on any atom is -0.350 e. The van der Waals surface area contributed by atoms with E-state index in [9.17, 15) is 13.2 Å². The van der Waals surface area contributed by atoms with Crippen LogP contribution in [-0.2, 0) is 9.84 Å². The highest BCUT2D eigenvalue weighted by Gasteiger charge is 2.29. The molecule has 1 amide bonds. The van der Waals surface area contributed by atoms with E-state index in [1.54, 1.807) is 26.0 Å². The zero-order valence-electron chi connectivity index (χ0n) is 12.4. The van der Waals surface area contributed by atoms with E-state index in [4.69, 9.17) is 5.73 Å². The van der Waals surface area contributed by atoms with Gasteiger partial charge in [-0.1, -0.05) is 12.1 Å². The summed E-state index contributed by atoms with van der Waals surface area (Å²) in [5.74, 6) is 0.103. The predicted octanol–water partition coefficient (Wildman–Crippen LogP) is 1.34. The number of amides is 1. The van der Waals surface area contributed by atoms with Crippen molar-refractivity contribution in [2.45, 2.75) is 42.9 Å². The highest BCUT2D eigenvalue weighted by molar-refractivity contribution is 7.92. The van der Waals surface area contributed by atoms with Crippen LogP contribution in [0.3, 0.4) is 0 Å². The number of carbonyl (C=O) groups is 1. The second-order valence-corrected chi connectivity index (χ2v) is 8.27. The molecule has 5 nitrogen and oxygen atoms in total. The Kier molecular flexibility index (Phi) is 4.68. The number of nitrogens with two attached hydrogens (primary N) is 1. The van der Waals surface area contributed by atoms with E-state index in [1.807, 2.05) is 0 Å². The zero-order valence-corrected chi connectivity index (χ0v) is 13.2. The van der Waals surface area contributed by atoms with E-state index < -0.39 is 15.1 Å². The number of hydrogen-bond donors (Lipinski definition) is 2. The lowest BCUT2D eigenvalue weighted by atomic mass is 10.2. The van der Waals surface area contributed by atoms with Crippen molar-refractivity contribution in [2.75, 3.05) is 6.54 Å². The predicted molar refractivity (Wildman–Crippen MR) is 81.8 cm³/mol. The summed E-state index contributed by atoms with van der Waals surface area (Å²) in [6, 6.07) is 6.25. The molecule has 6 heteroatoms. The summed E-state index contributed by atoms with van der Waals surface area (Å²) in [6.07, 6.45) is 2.21. The summed E-state index contributed by atoms with van der Waals surface area (Å²) < 4.78 is 24.6. The van der Waals surface area contributed by atoms with Crippen LogP contribution in [0.1, 0.15) is 37.0 Å². The van der Waals surface area contributed by atoms with Crippen molar-refractivity contribution >= 4 is 15.7 Å². The van der Waals surface area contributed by atoms with Crippen LogP contribution in [0.4, 0.5) is 0 Å². The van der Waals surface area contributed by atoms with Crippen LogP contribution < -0.4 is 11.1 Å². The number of hydrogen-bond acceptors (Lipinski definition) is 4. The molecule has 0 spiro atoms. The van der Waals surface area contributed by atoms with Gasteiger partial charge in [0.15, 0.2) is 9.84 Å². The van der Waals surface area contributed by atoms with E-state index in [2.05, 4.69) is 5.32 Å². The Morgan fingerprint density at radius 1 is 1.33 bits per heavy atom. The van der Waals surface area contributed by atoms with Crippen LogP contribution in [0.15, 0.2) is 29.2 Å². The molecule has 0 radical (unpaired) electrons. The Bertz CT molecular complexity index is 622. The molecule has 1 atom stereocenters. The van der Waals surface area contributed by atoms with Crippen LogP contribution in [0.5, 0.6) is 0 Å². The fourth-order valence-corrected chi connectivity index (χ4v) is 3.40. The third-order valence-electron chi connectivity index (χ3n) is 3.78. The summed E-state index contributed by atoms with van der Waals surface area (Å²) in [5, 5.41) is 2.17. The maximum atomic E-state index is 12.3. The molecule has 21 heavy (non-hydrogen) atoms. The van der Waals surface area contributed by atoms with E-state index in [0.29, 0.717) is 12.5 Å². The van der Waals surface area contributed by atoms with Crippen molar-refractivity contribution in [2.24, 2.45) is 11.7 Å². The summed E-state index contributed by atoms with van der Waals surface area (Å²) in [6.45, 7) is 3.58. The van der Waals surface area contributed by atoms with Gasteiger partial charge in [0.05, 0.1) is 15.7 Å². The van der Waals surface area contributed by atoms with Crippen molar-refractivity contribution in [1.82, 2.24) is 5.32 Å². The number of carbonyl (C=O) groups excluding carboxylic acids is 1. The Morgan fingerprint density at radius 2 is 1.95 bits per heavy atom. The van der Waals surface area contributed by atoms with Crippen molar-refractivity contribution < 1.29 is 13.2 Å². The number of benzene rings is 1. The van der Waals surface area contributed by atoms with Gasteiger partial charge in [0.1, 0.15) is 0 Å². The quantitative estimate of drug-likeness (QED) is 0.829. The van der Waals surface area contributed by atoms with E-state index in [0.717, 1.165) is 12.8 Å². The van der Waals surface area contributed by atoms with Crippen molar-refractivity contribution in [1.29, 1.82) is 0 Å². The lowest BCUT2D eigenvalue weighted by molar-refractivity contribution is 0.0947. The molecule has 1 saturated carbocycles. The summed E-state index contributed by atoms with van der Waals surface area (Å²) in [4.78, 5) is 12.3. The van der Waals surface area contributed by atoms with Crippen molar-refractivity contribution in [3.8, 4) is 0 Å². The van der Waals surface area contributed by atoms with Gasteiger partial charge in [0, 0.05) is 12.6 Å². The van der Waals surface area contributed by atoms with Gasteiger partial charge in [-0.25, -0.2) is 8.42 Å². The minimum atomic E-state index is -3.49. The molecule has 0 saturated heterocycles. The van der Waals surface area contributed by atoms with Gasteiger partial charge in [0.25, 0.3) is 5.91 Å². The molecule has 0 heterocycles. The van der Waals surface area contributed by atoms with Gasteiger partial charge >= 0.3 is 0 Å². The highest BCUT2D eigenvalue weighted by atomic mass is 32.2. The molecular weight excluding hydrogens is 288 g/mol. The maximum absolute atomic E-state index is 12.3. The van der Waals surface area contributed by atoms with E-state index in [-0.39, 0.29) is 22.4 Å². The van der Waals surface area contributed by atoms with Crippen LogP contribution in [-0.4, -0.2) is 32.2 Å². The fraction of sp³-hybridized carbons (Fsp3) is 0.533. The standard InChI is InChI=1S/C15H22N2O3S/c1-10(2)21(19,20)14-6-4-3-5-12(14)15(18)17-9-13(16)11-7-8-11/h3-6,10-11,13H,7-9,16H2,1-2H3,(H,17,18). The third kappa shape index (κ3) is 3.63. The molecule has 1 aliphatic rings. The lowest BCUT2D eigenvalue weighted by Gasteiger charge is -2.15. The minimum absolute atomic E-state index is 0.0529. The monoisotopic (exact) mass is 310 g/mol. The van der Waals surface area contributed by atoms with Crippen molar-refractivity contribution in [3.05, 3.63) is 29.8 Å². The van der Waals surface area contributed by atoms with Gasteiger partial charge in [-0.15, -0.1) is 0 Å². The summed E-state index contributed by atoms with van der Waals surface area (Å²) >= 11 is 0. The maximum Gasteiger partial charge on any atom is 0.252 e. The van der Waals surface area contributed by atoms with Crippen LogP contribution >= 0.6 is 0 Å². The molecule has 1 unspecified atom stereocenters. The van der Waals surface area contributed by atoms with Gasteiger partial charge < -0.3 is 11.1 Å². The Labute approximate surface area is 125 Å². The topological polar surface area (TPSA) is 89.3 Å². The zero-order chi connectivity index (χ0) is 15.6. The van der Waals surface area contributed by atoms with Gasteiger partial charge in [-0.05, 0) is 44.7 Å². The fourth-order valence-electron chi connectivity index (χ4n) is 2.15. The SMILES string of the molecule is CC(C)S(=O)(=O)c1ccccc1C(=O)NCC(N)C1CC1. The Morgan fingerprint density at radius 3 is 2.52 bits per heavy atom. The molecule has 1 aromatic rings. The first kappa shape index (κ1) is 16.0. The Hall–Kier alpha value is -1.40. The largest absolute Gasteiger partial charge is 0.350 e. The molecule has 2 rings (SSSR count). The number of nitrogens with one attached hydrogen (secondary N) is 1. The highest BCUT2D eigenvalue weighted by Crippen LogP contribution is 2.31.